The van der Waals surface area contributed by atoms with Crippen LogP contribution >= 0.6 is 11.6 Å². The van der Waals surface area contributed by atoms with Gasteiger partial charge in [-0.15, -0.1) is 11.6 Å². The number of non-ortho nitro benzene ring substituents is 1. The zero-order valence-corrected chi connectivity index (χ0v) is 11.7. The second-order valence-corrected chi connectivity index (χ2v) is 4.65. The molecule has 0 aromatic heterocycles. The molecule has 1 rings (SSSR count). The fourth-order valence-electron chi connectivity index (χ4n) is 1.70. The van der Waals surface area contributed by atoms with Crippen molar-refractivity contribution in [3.05, 3.63) is 39.9 Å². The Morgan fingerprint density at radius 2 is 1.84 bits per heavy atom. The molecule has 104 valence electrons. The summed E-state index contributed by atoms with van der Waals surface area (Å²) in [6.45, 7) is 3.92. The zero-order chi connectivity index (χ0) is 14.5. The molecular weight excluding hydrogens is 268 g/mol. The van der Waals surface area contributed by atoms with Gasteiger partial charge in [-0.3, -0.25) is 14.9 Å². The maximum absolute atomic E-state index is 12.1. The minimum Gasteiger partial charge on any atom is -0.345 e. The summed E-state index contributed by atoms with van der Waals surface area (Å²) >= 11 is 5.92. The Bertz CT molecular complexity index is 447. The number of hydrogen-bond donors (Lipinski definition) is 1. The maximum Gasteiger partial charge on any atom is 0.269 e. The van der Waals surface area contributed by atoms with E-state index in [4.69, 9.17) is 11.6 Å². The van der Waals surface area contributed by atoms with Crippen LogP contribution < -0.4 is 5.32 Å². The highest BCUT2D eigenvalue weighted by molar-refractivity contribution is 6.19. The average Bonchev–Trinajstić information content (AvgIpc) is 2.45. The highest BCUT2D eigenvalue weighted by atomic mass is 35.5. The molecule has 0 fully saturated rings. The summed E-state index contributed by atoms with van der Waals surface area (Å²) in [4.78, 5) is 22.1. The first kappa shape index (κ1) is 15.4. The van der Waals surface area contributed by atoms with E-state index in [1.165, 1.54) is 24.3 Å². The quantitative estimate of drug-likeness (QED) is 0.495. The lowest BCUT2D eigenvalue weighted by Crippen LogP contribution is -2.49. The Hall–Kier alpha value is -1.62. The number of nitro benzene ring substituents is 1. The van der Waals surface area contributed by atoms with E-state index in [9.17, 15) is 14.9 Å². The third kappa shape index (κ3) is 3.67. The number of carbonyl (C=O) groups is 1. The molecule has 5 nitrogen and oxygen atoms in total. The lowest BCUT2D eigenvalue weighted by molar-refractivity contribution is -0.384. The van der Waals surface area contributed by atoms with E-state index in [0.717, 1.165) is 12.8 Å². The van der Waals surface area contributed by atoms with Crippen molar-refractivity contribution in [3.63, 3.8) is 0 Å². The van der Waals surface area contributed by atoms with E-state index in [1.54, 1.807) is 0 Å². The van der Waals surface area contributed by atoms with Crippen molar-refractivity contribution >= 4 is 23.2 Å². The van der Waals surface area contributed by atoms with E-state index in [0.29, 0.717) is 11.4 Å². The maximum atomic E-state index is 12.1. The van der Waals surface area contributed by atoms with Gasteiger partial charge in [0.15, 0.2) is 0 Å². The number of hydrogen-bond acceptors (Lipinski definition) is 3. The number of rotatable bonds is 6. The summed E-state index contributed by atoms with van der Waals surface area (Å²) in [6, 6.07) is 5.51. The lowest BCUT2D eigenvalue weighted by atomic mass is 9.94. The van der Waals surface area contributed by atoms with Gasteiger partial charge in [-0.25, -0.2) is 0 Å². The van der Waals surface area contributed by atoms with Gasteiger partial charge in [0.1, 0.15) is 0 Å². The predicted molar refractivity (Wildman–Crippen MR) is 74.6 cm³/mol. The molecule has 0 saturated heterocycles. The summed E-state index contributed by atoms with van der Waals surface area (Å²) in [7, 11) is 0. The normalized spacial score (nSPS) is 11.1. The molecule has 19 heavy (non-hydrogen) atoms. The Kier molecular flexibility index (Phi) is 5.30. The van der Waals surface area contributed by atoms with Crippen molar-refractivity contribution in [1.29, 1.82) is 0 Å². The van der Waals surface area contributed by atoms with Crippen molar-refractivity contribution in [2.75, 3.05) is 5.88 Å². The second kappa shape index (κ2) is 6.52. The number of nitrogens with one attached hydrogen (secondary N) is 1. The number of amides is 1. The monoisotopic (exact) mass is 284 g/mol. The topological polar surface area (TPSA) is 72.2 Å². The van der Waals surface area contributed by atoms with Gasteiger partial charge >= 0.3 is 0 Å². The molecule has 0 bridgehead atoms. The van der Waals surface area contributed by atoms with Crippen LogP contribution in [0.5, 0.6) is 0 Å². The molecule has 0 aliphatic carbocycles. The van der Waals surface area contributed by atoms with Gasteiger partial charge in [-0.1, -0.05) is 13.8 Å². The molecule has 6 heteroatoms. The fourth-order valence-corrected chi connectivity index (χ4v) is 2.14. The molecule has 0 aliphatic rings. The highest BCUT2D eigenvalue weighted by Crippen LogP contribution is 2.19. The van der Waals surface area contributed by atoms with Crippen LogP contribution in [0.1, 0.15) is 37.0 Å². The van der Waals surface area contributed by atoms with E-state index >= 15 is 0 Å². The van der Waals surface area contributed by atoms with Crippen molar-refractivity contribution in [1.82, 2.24) is 5.32 Å². The number of nitrogens with zero attached hydrogens (tertiary/aromatic N) is 1. The third-order valence-electron chi connectivity index (χ3n) is 3.33. The lowest BCUT2D eigenvalue weighted by Gasteiger charge is -2.30. The van der Waals surface area contributed by atoms with Gasteiger partial charge in [0, 0.05) is 23.6 Å². The standard InChI is InChI=1S/C13H17ClN2O3/c1-3-13(4-2,9-14)15-12(17)10-5-7-11(8-6-10)16(18)19/h5-8H,3-4,9H2,1-2H3,(H,15,17). The van der Waals surface area contributed by atoms with Crippen LogP contribution in [-0.2, 0) is 0 Å². The van der Waals surface area contributed by atoms with Crippen molar-refractivity contribution in [2.45, 2.75) is 32.2 Å². The molecule has 0 heterocycles. The minimum atomic E-state index is -0.497. The zero-order valence-electron chi connectivity index (χ0n) is 11.0. The van der Waals surface area contributed by atoms with E-state index in [1.807, 2.05) is 13.8 Å². The second-order valence-electron chi connectivity index (χ2n) is 4.38. The summed E-state index contributed by atoms with van der Waals surface area (Å²) in [5, 5.41) is 13.4. The first-order chi connectivity index (χ1) is 8.98. The summed E-state index contributed by atoms with van der Waals surface area (Å²) in [5.41, 5.74) is -0.0754. The van der Waals surface area contributed by atoms with Crippen LogP contribution in [0.25, 0.3) is 0 Å². The average molecular weight is 285 g/mol. The van der Waals surface area contributed by atoms with E-state index in [-0.39, 0.29) is 11.6 Å². The van der Waals surface area contributed by atoms with E-state index in [2.05, 4.69) is 5.32 Å². The van der Waals surface area contributed by atoms with Gasteiger partial charge in [-0.2, -0.15) is 0 Å². The number of alkyl halides is 1. The molecule has 0 aliphatic heterocycles. The Morgan fingerprint density at radius 3 is 2.21 bits per heavy atom. The summed E-state index contributed by atoms with van der Waals surface area (Å²) in [6.07, 6.45) is 1.46. The van der Waals surface area contributed by atoms with Crippen LogP contribution in [0.3, 0.4) is 0 Å². The van der Waals surface area contributed by atoms with Gasteiger partial charge in [0.2, 0.25) is 0 Å². The molecule has 1 aromatic carbocycles. The van der Waals surface area contributed by atoms with Crippen molar-refractivity contribution in [3.8, 4) is 0 Å². The first-order valence-electron chi connectivity index (χ1n) is 6.11. The molecule has 1 amide bonds. The Labute approximate surface area is 117 Å². The molecule has 0 radical (unpaired) electrons. The molecular formula is C13H17ClN2O3. The third-order valence-corrected chi connectivity index (χ3v) is 3.84. The largest absolute Gasteiger partial charge is 0.345 e. The van der Waals surface area contributed by atoms with Crippen molar-refractivity contribution in [2.24, 2.45) is 0 Å². The molecule has 0 atom stereocenters. The molecule has 0 unspecified atom stereocenters. The fraction of sp³-hybridized carbons (Fsp3) is 0.462. The summed E-state index contributed by atoms with van der Waals surface area (Å²) in [5.74, 6) is 0.0675. The Morgan fingerprint density at radius 1 is 1.32 bits per heavy atom. The number of nitro groups is 1. The predicted octanol–water partition coefficient (Wildman–Crippen LogP) is 3.12. The van der Waals surface area contributed by atoms with E-state index < -0.39 is 10.5 Å². The first-order valence-corrected chi connectivity index (χ1v) is 6.64. The number of benzene rings is 1. The van der Waals surface area contributed by atoms with Gasteiger partial charge < -0.3 is 5.32 Å². The molecule has 1 aromatic rings. The molecule has 0 saturated carbocycles. The minimum absolute atomic E-state index is 0.0360. The highest BCUT2D eigenvalue weighted by Gasteiger charge is 2.27. The van der Waals surface area contributed by atoms with Crippen LogP contribution in [-0.4, -0.2) is 22.2 Å². The smallest absolute Gasteiger partial charge is 0.269 e. The van der Waals surface area contributed by atoms with Crippen LogP contribution in [0.4, 0.5) is 5.69 Å². The Balaban J connectivity index is 2.86. The van der Waals surface area contributed by atoms with Crippen LogP contribution in [0.15, 0.2) is 24.3 Å². The van der Waals surface area contributed by atoms with Crippen LogP contribution in [0.2, 0.25) is 0 Å². The van der Waals surface area contributed by atoms with Crippen LogP contribution in [0, 0.1) is 10.1 Å². The molecule has 0 spiro atoms. The number of halogens is 1. The van der Waals surface area contributed by atoms with Crippen molar-refractivity contribution < 1.29 is 9.72 Å². The van der Waals surface area contributed by atoms with Gasteiger partial charge in [0.25, 0.3) is 11.6 Å². The van der Waals surface area contributed by atoms with Gasteiger partial charge in [-0.05, 0) is 25.0 Å². The number of carbonyl (C=O) groups excluding carboxylic acids is 1. The SMILES string of the molecule is CCC(CC)(CCl)NC(=O)c1ccc([N+](=O)[O-])cc1. The molecule has 1 N–H and O–H groups in total. The summed E-state index contributed by atoms with van der Waals surface area (Å²) < 4.78 is 0. The van der Waals surface area contributed by atoms with Gasteiger partial charge in [0.05, 0.1) is 10.5 Å².